The Balaban J connectivity index is 1.77. The van der Waals surface area contributed by atoms with Crippen LogP contribution in [0.3, 0.4) is 0 Å². The number of amides is 1. The molecule has 1 aliphatic heterocycles. The number of ether oxygens (including phenoxy) is 1. The minimum atomic E-state index is -0.238. The van der Waals surface area contributed by atoms with E-state index < -0.39 is 0 Å². The summed E-state index contributed by atoms with van der Waals surface area (Å²) in [4.78, 5) is 15.8. The van der Waals surface area contributed by atoms with Crippen molar-refractivity contribution in [1.29, 1.82) is 0 Å². The van der Waals surface area contributed by atoms with Crippen molar-refractivity contribution in [3.63, 3.8) is 0 Å². The van der Waals surface area contributed by atoms with Gasteiger partial charge in [-0.25, -0.2) is 0 Å². The van der Waals surface area contributed by atoms with Crippen molar-refractivity contribution in [2.75, 3.05) is 13.2 Å². The van der Waals surface area contributed by atoms with Crippen LogP contribution in [-0.4, -0.2) is 33.7 Å². The third-order valence-electron chi connectivity index (χ3n) is 6.11. The molecule has 4 rings (SSSR count). The highest BCUT2D eigenvalue weighted by atomic mass is 16.5. The van der Waals surface area contributed by atoms with Gasteiger partial charge in [-0.1, -0.05) is 37.3 Å². The molecule has 1 amide bonds. The second kappa shape index (κ2) is 8.81. The lowest BCUT2D eigenvalue weighted by molar-refractivity contribution is 0.0734. The molecule has 0 unspecified atom stereocenters. The molecule has 0 spiro atoms. The quantitative estimate of drug-likeness (QED) is 0.539. The predicted octanol–water partition coefficient (Wildman–Crippen LogP) is 5.46. The average Bonchev–Trinajstić information content (AvgIpc) is 3.24. The zero-order chi connectivity index (χ0) is 22.9. The summed E-state index contributed by atoms with van der Waals surface area (Å²) >= 11 is 0. The van der Waals surface area contributed by atoms with E-state index in [0.29, 0.717) is 31.0 Å². The van der Waals surface area contributed by atoms with Gasteiger partial charge in [0.2, 0.25) is 0 Å². The standard InChI is InChI=1S/C27H33N3O2/c1-6-19-11-10-12-20-15-16-29(17-22(19)20)26(31)23-18-30(27(3,4)5)28-25(23)21-13-8-9-14-24(21)32-7-2/h8-14,18H,6-7,15-17H2,1-5H3. The van der Waals surface area contributed by atoms with Crippen LogP contribution in [0.4, 0.5) is 0 Å². The average molecular weight is 432 g/mol. The van der Waals surface area contributed by atoms with Crippen LogP contribution in [0.25, 0.3) is 11.3 Å². The molecule has 1 aromatic heterocycles. The summed E-state index contributed by atoms with van der Waals surface area (Å²) in [7, 11) is 0. The first kappa shape index (κ1) is 22.1. The van der Waals surface area contributed by atoms with Crippen LogP contribution < -0.4 is 4.74 Å². The van der Waals surface area contributed by atoms with Crippen LogP contribution in [0.5, 0.6) is 5.75 Å². The van der Waals surface area contributed by atoms with Gasteiger partial charge in [-0.15, -0.1) is 0 Å². The third kappa shape index (κ3) is 4.16. The SMILES string of the molecule is CCOc1ccccc1-c1nn(C(C)(C)C)cc1C(=O)N1CCc2cccc(CC)c2C1. The normalized spacial score (nSPS) is 13.7. The maximum atomic E-state index is 13.8. The summed E-state index contributed by atoms with van der Waals surface area (Å²) in [5.74, 6) is 0.777. The zero-order valence-electron chi connectivity index (χ0n) is 19.8. The van der Waals surface area contributed by atoms with E-state index in [-0.39, 0.29) is 11.4 Å². The molecule has 2 aromatic carbocycles. The number of fused-ring (bicyclic) bond motifs is 1. The van der Waals surface area contributed by atoms with Crippen molar-refractivity contribution >= 4 is 5.91 Å². The Bertz CT molecular complexity index is 1110. The fourth-order valence-electron chi connectivity index (χ4n) is 4.34. The number of aromatic nitrogens is 2. The number of aryl methyl sites for hydroxylation is 1. The monoisotopic (exact) mass is 431 g/mol. The number of para-hydroxylation sites is 1. The number of carbonyl (C=O) groups is 1. The summed E-state index contributed by atoms with van der Waals surface area (Å²) in [6, 6.07) is 14.3. The first-order chi connectivity index (χ1) is 15.3. The number of nitrogens with zero attached hydrogens (tertiary/aromatic N) is 3. The molecule has 168 valence electrons. The lowest BCUT2D eigenvalue weighted by Gasteiger charge is -2.30. The Kier molecular flexibility index (Phi) is 6.09. The number of benzene rings is 2. The van der Waals surface area contributed by atoms with Gasteiger partial charge in [0.05, 0.1) is 17.7 Å². The van der Waals surface area contributed by atoms with Gasteiger partial charge in [0, 0.05) is 24.8 Å². The summed E-state index contributed by atoms with van der Waals surface area (Å²) in [6.07, 6.45) is 3.76. The molecule has 32 heavy (non-hydrogen) atoms. The van der Waals surface area contributed by atoms with Gasteiger partial charge in [-0.3, -0.25) is 9.48 Å². The number of rotatable bonds is 5. The fraction of sp³-hybridized carbons (Fsp3) is 0.407. The van der Waals surface area contributed by atoms with E-state index >= 15 is 0 Å². The lowest BCUT2D eigenvalue weighted by Crippen LogP contribution is -2.36. The second-order valence-corrected chi connectivity index (χ2v) is 9.32. The van der Waals surface area contributed by atoms with Crippen LogP contribution in [0.2, 0.25) is 0 Å². The minimum Gasteiger partial charge on any atom is -0.493 e. The van der Waals surface area contributed by atoms with Crippen molar-refractivity contribution < 1.29 is 9.53 Å². The molecule has 0 saturated carbocycles. The minimum absolute atomic E-state index is 0.0263. The topological polar surface area (TPSA) is 47.4 Å². The van der Waals surface area contributed by atoms with Crippen molar-refractivity contribution in [3.05, 3.63) is 70.9 Å². The Hall–Kier alpha value is -3.08. The lowest BCUT2D eigenvalue weighted by atomic mass is 9.93. The van der Waals surface area contributed by atoms with Crippen molar-refractivity contribution in [3.8, 4) is 17.0 Å². The highest BCUT2D eigenvalue weighted by Crippen LogP contribution is 2.34. The number of hydrogen-bond donors (Lipinski definition) is 0. The number of hydrogen-bond acceptors (Lipinski definition) is 3. The van der Waals surface area contributed by atoms with Gasteiger partial charge >= 0.3 is 0 Å². The highest BCUT2D eigenvalue weighted by Gasteiger charge is 2.29. The van der Waals surface area contributed by atoms with Crippen LogP contribution >= 0.6 is 0 Å². The van der Waals surface area contributed by atoms with Gasteiger partial charge in [0.1, 0.15) is 11.4 Å². The van der Waals surface area contributed by atoms with Crippen LogP contribution in [-0.2, 0) is 24.9 Å². The van der Waals surface area contributed by atoms with Gasteiger partial charge in [0.25, 0.3) is 5.91 Å². The van der Waals surface area contributed by atoms with Gasteiger partial charge in [-0.2, -0.15) is 5.10 Å². The van der Waals surface area contributed by atoms with Gasteiger partial charge < -0.3 is 9.64 Å². The van der Waals surface area contributed by atoms with E-state index in [2.05, 4.69) is 45.9 Å². The van der Waals surface area contributed by atoms with Crippen LogP contribution in [0, 0.1) is 0 Å². The molecule has 0 saturated heterocycles. The Morgan fingerprint density at radius 2 is 1.88 bits per heavy atom. The van der Waals surface area contributed by atoms with E-state index in [1.165, 1.54) is 16.7 Å². The van der Waals surface area contributed by atoms with E-state index in [1.54, 1.807) is 0 Å². The van der Waals surface area contributed by atoms with Gasteiger partial charge in [0.15, 0.2) is 0 Å². The molecular formula is C27H33N3O2. The zero-order valence-corrected chi connectivity index (χ0v) is 19.8. The molecule has 5 nitrogen and oxygen atoms in total. The fourth-order valence-corrected chi connectivity index (χ4v) is 4.34. The number of carbonyl (C=O) groups excluding carboxylic acids is 1. The molecule has 0 aliphatic carbocycles. The Morgan fingerprint density at radius 1 is 1.09 bits per heavy atom. The third-order valence-corrected chi connectivity index (χ3v) is 6.11. The first-order valence-corrected chi connectivity index (χ1v) is 11.5. The highest BCUT2D eigenvalue weighted by molar-refractivity contribution is 6.00. The molecule has 5 heteroatoms. The Morgan fingerprint density at radius 3 is 2.59 bits per heavy atom. The van der Waals surface area contributed by atoms with Crippen LogP contribution in [0.1, 0.15) is 61.7 Å². The molecule has 3 aromatic rings. The summed E-state index contributed by atoms with van der Waals surface area (Å²) in [5.41, 5.74) is 5.92. The Labute approximate surface area is 191 Å². The second-order valence-electron chi connectivity index (χ2n) is 9.32. The predicted molar refractivity (Wildman–Crippen MR) is 128 cm³/mol. The van der Waals surface area contributed by atoms with E-state index in [1.807, 2.05) is 47.0 Å². The first-order valence-electron chi connectivity index (χ1n) is 11.5. The maximum absolute atomic E-state index is 13.8. The summed E-state index contributed by atoms with van der Waals surface area (Å²) in [5, 5.41) is 4.88. The largest absolute Gasteiger partial charge is 0.493 e. The van der Waals surface area contributed by atoms with Gasteiger partial charge in [-0.05, 0) is 69.4 Å². The molecule has 0 bridgehead atoms. The molecular weight excluding hydrogens is 398 g/mol. The van der Waals surface area contributed by atoms with E-state index in [9.17, 15) is 4.79 Å². The van der Waals surface area contributed by atoms with Crippen molar-refractivity contribution in [2.24, 2.45) is 0 Å². The van der Waals surface area contributed by atoms with E-state index in [4.69, 9.17) is 9.84 Å². The molecule has 0 radical (unpaired) electrons. The van der Waals surface area contributed by atoms with Crippen LogP contribution in [0.15, 0.2) is 48.7 Å². The van der Waals surface area contributed by atoms with E-state index in [0.717, 1.165) is 24.2 Å². The summed E-state index contributed by atoms with van der Waals surface area (Å²) < 4.78 is 7.77. The molecule has 1 aliphatic rings. The molecule has 2 heterocycles. The summed E-state index contributed by atoms with van der Waals surface area (Å²) in [6.45, 7) is 12.3. The molecule has 0 fully saturated rings. The molecule has 0 atom stereocenters. The van der Waals surface area contributed by atoms with Crippen molar-refractivity contribution in [1.82, 2.24) is 14.7 Å². The maximum Gasteiger partial charge on any atom is 0.258 e. The molecule has 0 N–H and O–H groups in total. The smallest absolute Gasteiger partial charge is 0.258 e. The van der Waals surface area contributed by atoms with Crippen molar-refractivity contribution in [2.45, 2.75) is 59.5 Å².